The van der Waals surface area contributed by atoms with E-state index in [0.717, 1.165) is 0 Å². The Kier molecular flexibility index (Phi) is 7.43. The van der Waals surface area contributed by atoms with Crippen LogP contribution in [-0.2, 0) is 11.3 Å². The van der Waals surface area contributed by atoms with Crippen LogP contribution in [0.1, 0.15) is 12.5 Å². The van der Waals surface area contributed by atoms with Crippen molar-refractivity contribution in [3.63, 3.8) is 0 Å². The van der Waals surface area contributed by atoms with Crippen LogP contribution in [-0.4, -0.2) is 42.5 Å². The van der Waals surface area contributed by atoms with Gasteiger partial charge in [-0.15, -0.1) is 0 Å². The third-order valence-corrected chi connectivity index (χ3v) is 4.24. The first-order chi connectivity index (χ1) is 13.7. The maximum atomic E-state index is 12.6. The number of halogens is 2. The van der Waals surface area contributed by atoms with Crippen molar-refractivity contribution in [1.82, 2.24) is 4.90 Å². The van der Waals surface area contributed by atoms with Crippen molar-refractivity contribution >= 4 is 17.3 Å². The smallest absolute Gasteiger partial charge is 0.387 e. The maximum Gasteiger partial charge on any atom is 0.387 e. The van der Waals surface area contributed by atoms with E-state index >= 15 is 0 Å². The molecule has 0 saturated carbocycles. The van der Waals surface area contributed by atoms with E-state index in [0.29, 0.717) is 11.3 Å². The molecule has 156 valence electrons. The first-order valence-corrected chi connectivity index (χ1v) is 8.58. The van der Waals surface area contributed by atoms with E-state index in [1.807, 2.05) is 0 Å². The standard InChI is InChI=1S/C19H21F2N3O5/c1-12(18(25)22-14-5-4-6-15(10-14)24(26)27)23(2)11-13-7-8-16(28-3)17(9-13)29-19(20)21/h4-10,12,19H,11H2,1-3H3,(H,22,25). The Labute approximate surface area is 166 Å². The SMILES string of the molecule is COc1ccc(CN(C)C(C)C(=O)Nc2cccc([N+](=O)[O-])c2)cc1OC(F)F. The number of carbonyl (C=O) groups is 1. The Morgan fingerprint density at radius 2 is 1.97 bits per heavy atom. The molecular formula is C19H21F2N3O5. The number of rotatable bonds is 9. The van der Waals surface area contributed by atoms with Gasteiger partial charge < -0.3 is 14.8 Å². The van der Waals surface area contributed by atoms with Crippen molar-refractivity contribution in [1.29, 1.82) is 0 Å². The summed E-state index contributed by atoms with van der Waals surface area (Å²) in [6, 6.07) is 9.63. The highest BCUT2D eigenvalue weighted by molar-refractivity contribution is 5.94. The number of amides is 1. The third-order valence-electron chi connectivity index (χ3n) is 4.24. The fourth-order valence-electron chi connectivity index (χ4n) is 2.58. The lowest BCUT2D eigenvalue weighted by Crippen LogP contribution is -2.39. The fraction of sp³-hybridized carbons (Fsp3) is 0.316. The lowest BCUT2D eigenvalue weighted by molar-refractivity contribution is -0.384. The number of alkyl halides is 2. The van der Waals surface area contributed by atoms with Gasteiger partial charge in [-0.2, -0.15) is 8.78 Å². The molecule has 2 rings (SSSR count). The van der Waals surface area contributed by atoms with Crippen LogP contribution >= 0.6 is 0 Å². The number of hydrogen-bond donors (Lipinski definition) is 1. The topological polar surface area (TPSA) is 93.9 Å². The molecule has 0 fully saturated rings. The molecular weight excluding hydrogens is 388 g/mol. The average molecular weight is 409 g/mol. The van der Waals surface area contributed by atoms with Gasteiger partial charge in [0.1, 0.15) is 0 Å². The quantitative estimate of drug-likeness (QED) is 0.502. The Balaban J connectivity index is 2.06. The molecule has 8 nitrogen and oxygen atoms in total. The monoisotopic (exact) mass is 409 g/mol. The molecule has 0 saturated heterocycles. The Bertz CT molecular complexity index is 879. The summed E-state index contributed by atoms with van der Waals surface area (Å²) in [5, 5.41) is 13.5. The molecule has 0 aliphatic rings. The van der Waals surface area contributed by atoms with Crippen molar-refractivity contribution in [3.8, 4) is 11.5 Å². The fourth-order valence-corrected chi connectivity index (χ4v) is 2.58. The van der Waals surface area contributed by atoms with Crippen LogP contribution in [0.2, 0.25) is 0 Å². The highest BCUT2D eigenvalue weighted by Crippen LogP contribution is 2.30. The third kappa shape index (κ3) is 6.11. The summed E-state index contributed by atoms with van der Waals surface area (Å²) in [6.45, 7) is -1.06. The number of likely N-dealkylation sites (N-methyl/N-ethyl adjacent to an activating group) is 1. The zero-order chi connectivity index (χ0) is 21.6. The summed E-state index contributed by atoms with van der Waals surface area (Å²) in [7, 11) is 3.04. The molecule has 1 N–H and O–H groups in total. The molecule has 0 aliphatic heterocycles. The average Bonchev–Trinajstić information content (AvgIpc) is 2.67. The summed E-state index contributed by atoms with van der Waals surface area (Å²) in [6.07, 6.45) is 0. The number of benzene rings is 2. The number of methoxy groups -OCH3 is 1. The summed E-state index contributed by atoms with van der Waals surface area (Å²) < 4.78 is 34.6. The largest absolute Gasteiger partial charge is 0.493 e. The Morgan fingerprint density at radius 3 is 2.59 bits per heavy atom. The molecule has 0 aliphatic carbocycles. The Morgan fingerprint density at radius 1 is 1.24 bits per heavy atom. The molecule has 2 aromatic carbocycles. The zero-order valence-corrected chi connectivity index (χ0v) is 16.1. The second-order valence-electron chi connectivity index (χ2n) is 6.25. The lowest BCUT2D eigenvalue weighted by atomic mass is 10.1. The summed E-state index contributed by atoms with van der Waals surface area (Å²) >= 11 is 0. The van der Waals surface area contributed by atoms with Crippen molar-refractivity contribution in [3.05, 3.63) is 58.1 Å². The number of non-ortho nitro benzene ring substituents is 1. The maximum absolute atomic E-state index is 12.6. The van der Waals surface area contributed by atoms with E-state index in [9.17, 15) is 23.7 Å². The second-order valence-corrected chi connectivity index (χ2v) is 6.25. The number of anilines is 1. The molecule has 10 heteroatoms. The van der Waals surface area contributed by atoms with Crippen molar-refractivity contribution < 1.29 is 28.0 Å². The minimum Gasteiger partial charge on any atom is -0.493 e. The number of nitro benzene ring substituents is 1. The van der Waals surface area contributed by atoms with Crippen molar-refractivity contribution in [2.75, 3.05) is 19.5 Å². The second kappa shape index (κ2) is 9.78. The van der Waals surface area contributed by atoms with Gasteiger partial charge in [0.2, 0.25) is 5.91 Å². The van der Waals surface area contributed by atoms with Crippen LogP contribution in [0.25, 0.3) is 0 Å². The molecule has 1 unspecified atom stereocenters. The van der Waals surface area contributed by atoms with E-state index in [1.54, 1.807) is 31.0 Å². The predicted molar refractivity (Wildman–Crippen MR) is 102 cm³/mol. The van der Waals surface area contributed by atoms with Crippen LogP contribution in [0.4, 0.5) is 20.2 Å². The van der Waals surface area contributed by atoms with Gasteiger partial charge in [0.25, 0.3) is 5.69 Å². The number of hydrogen-bond acceptors (Lipinski definition) is 6. The van der Waals surface area contributed by atoms with E-state index in [4.69, 9.17) is 4.74 Å². The normalized spacial score (nSPS) is 12.0. The number of carbonyl (C=O) groups excluding carboxylic acids is 1. The van der Waals surface area contributed by atoms with Gasteiger partial charge in [-0.1, -0.05) is 12.1 Å². The molecule has 29 heavy (non-hydrogen) atoms. The van der Waals surface area contributed by atoms with Gasteiger partial charge in [0, 0.05) is 24.4 Å². The van der Waals surface area contributed by atoms with E-state index < -0.39 is 17.6 Å². The number of ether oxygens (including phenoxy) is 2. The van der Waals surface area contributed by atoms with Gasteiger partial charge >= 0.3 is 6.61 Å². The molecule has 1 amide bonds. The van der Waals surface area contributed by atoms with E-state index in [-0.39, 0.29) is 29.6 Å². The number of nitrogens with one attached hydrogen (secondary N) is 1. The number of nitro groups is 1. The minimum absolute atomic E-state index is 0.0953. The van der Waals surface area contributed by atoms with Gasteiger partial charge in [0.15, 0.2) is 11.5 Å². The molecule has 0 radical (unpaired) electrons. The van der Waals surface area contributed by atoms with E-state index in [1.165, 1.54) is 37.4 Å². The Hall–Kier alpha value is -3.27. The highest BCUT2D eigenvalue weighted by Gasteiger charge is 2.20. The van der Waals surface area contributed by atoms with Crippen molar-refractivity contribution in [2.24, 2.45) is 0 Å². The molecule has 0 bridgehead atoms. The van der Waals surface area contributed by atoms with E-state index in [2.05, 4.69) is 10.1 Å². The summed E-state index contributed by atoms with van der Waals surface area (Å²) in [5.74, 6) is -0.291. The lowest BCUT2D eigenvalue weighted by Gasteiger charge is -2.24. The van der Waals surface area contributed by atoms with Crippen LogP contribution in [0.5, 0.6) is 11.5 Å². The minimum atomic E-state index is -2.99. The van der Waals surface area contributed by atoms with Crippen molar-refractivity contribution in [2.45, 2.75) is 26.1 Å². The number of nitrogens with zero attached hydrogens (tertiary/aromatic N) is 2. The van der Waals surface area contributed by atoms with Crippen LogP contribution in [0.15, 0.2) is 42.5 Å². The molecule has 0 spiro atoms. The molecule has 0 heterocycles. The van der Waals surface area contributed by atoms with Gasteiger partial charge in [-0.25, -0.2) is 0 Å². The predicted octanol–water partition coefficient (Wildman–Crippen LogP) is 3.66. The molecule has 0 aromatic heterocycles. The van der Waals surface area contributed by atoms with Gasteiger partial charge in [0.05, 0.1) is 18.1 Å². The first kappa shape index (κ1) is 22.0. The highest BCUT2D eigenvalue weighted by atomic mass is 19.3. The molecule has 2 aromatic rings. The van der Waals surface area contributed by atoms with Gasteiger partial charge in [-0.3, -0.25) is 19.8 Å². The van der Waals surface area contributed by atoms with Crippen LogP contribution < -0.4 is 14.8 Å². The van der Waals surface area contributed by atoms with Crippen LogP contribution in [0.3, 0.4) is 0 Å². The summed E-state index contributed by atoms with van der Waals surface area (Å²) in [4.78, 5) is 24.5. The van der Waals surface area contributed by atoms with Gasteiger partial charge in [-0.05, 0) is 37.7 Å². The molecule has 1 atom stereocenters. The van der Waals surface area contributed by atoms with Crippen LogP contribution in [0, 0.1) is 10.1 Å². The summed E-state index contributed by atoms with van der Waals surface area (Å²) in [5.41, 5.74) is 0.814. The zero-order valence-electron chi connectivity index (χ0n) is 16.1. The first-order valence-electron chi connectivity index (χ1n) is 8.58.